The van der Waals surface area contributed by atoms with Crippen LogP contribution in [0.4, 0.5) is 0 Å². The Hall–Kier alpha value is -0.610. The first-order valence-corrected chi connectivity index (χ1v) is 5.48. The monoisotopic (exact) mass is 216 g/mol. The lowest BCUT2D eigenvalue weighted by Crippen LogP contribution is -2.38. The summed E-state index contributed by atoms with van der Waals surface area (Å²) in [6.07, 6.45) is 0.750. The van der Waals surface area contributed by atoms with E-state index in [0.717, 1.165) is 38.6 Å². The fourth-order valence-corrected chi connectivity index (χ4v) is 1.30. The fraction of sp³-hybridized carbons (Fsp3) is 0.909. The second-order valence-electron chi connectivity index (χ2n) is 4.38. The maximum atomic E-state index is 9.43. The highest BCUT2D eigenvalue weighted by Gasteiger charge is 2.10. The summed E-state index contributed by atoms with van der Waals surface area (Å²) in [5.41, 5.74) is 0. The fourth-order valence-electron chi connectivity index (χ4n) is 1.30. The minimum absolute atomic E-state index is 0.750. The molecule has 0 bridgehead atoms. The Balaban J connectivity index is 0.000000336. The molecule has 1 aliphatic heterocycles. The normalized spacial score (nSPS) is 16.9. The second kappa shape index (κ2) is 8.68. The number of carbonyl (C=O) groups excluding carboxylic acids is 1. The van der Waals surface area contributed by atoms with Crippen LogP contribution in [-0.4, -0.2) is 63.2 Å². The third-order valence-electron chi connectivity index (χ3n) is 1.94. The van der Waals surface area contributed by atoms with Gasteiger partial charge < -0.3 is 9.64 Å². The van der Waals surface area contributed by atoms with E-state index < -0.39 is 0 Å². The van der Waals surface area contributed by atoms with Crippen molar-refractivity contribution in [2.45, 2.75) is 13.8 Å². The Morgan fingerprint density at radius 2 is 1.80 bits per heavy atom. The topological polar surface area (TPSA) is 32.8 Å². The van der Waals surface area contributed by atoms with Crippen molar-refractivity contribution in [2.75, 3.05) is 46.9 Å². The minimum Gasteiger partial charge on any atom is -0.379 e. The third kappa shape index (κ3) is 9.69. The van der Waals surface area contributed by atoms with E-state index in [1.165, 1.54) is 11.4 Å². The van der Waals surface area contributed by atoms with E-state index in [9.17, 15) is 4.79 Å². The maximum absolute atomic E-state index is 9.43. The molecule has 0 aliphatic carbocycles. The predicted molar refractivity (Wildman–Crippen MR) is 61.8 cm³/mol. The number of ether oxygens (including phenoxy) is 1. The molecule has 0 saturated carbocycles. The van der Waals surface area contributed by atoms with Crippen LogP contribution in [0.2, 0.25) is 0 Å². The number of morpholine rings is 1. The molecule has 0 aromatic carbocycles. The van der Waals surface area contributed by atoms with Gasteiger partial charge in [-0.1, -0.05) is 13.8 Å². The number of amides is 1. The van der Waals surface area contributed by atoms with Crippen LogP contribution < -0.4 is 0 Å². The van der Waals surface area contributed by atoms with Crippen LogP contribution >= 0.6 is 0 Å². The second-order valence-corrected chi connectivity index (χ2v) is 4.38. The van der Waals surface area contributed by atoms with Crippen molar-refractivity contribution in [3.8, 4) is 0 Å². The van der Waals surface area contributed by atoms with Gasteiger partial charge in [-0.3, -0.25) is 9.69 Å². The summed E-state index contributed by atoms with van der Waals surface area (Å²) in [5, 5.41) is 0. The van der Waals surface area contributed by atoms with Crippen LogP contribution in [0.3, 0.4) is 0 Å². The molecule has 1 saturated heterocycles. The van der Waals surface area contributed by atoms with Gasteiger partial charge in [-0.05, 0) is 5.92 Å². The van der Waals surface area contributed by atoms with Crippen molar-refractivity contribution >= 4 is 6.41 Å². The zero-order valence-corrected chi connectivity index (χ0v) is 10.4. The standard InChI is InChI=1S/C8H17NO.C3H7NO/c1-8(2)7-9-3-5-10-6-4-9;1-4(2)3-5/h8H,3-7H2,1-2H3;3H,1-2H3. The van der Waals surface area contributed by atoms with Crippen LogP contribution in [0.5, 0.6) is 0 Å². The summed E-state index contributed by atoms with van der Waals surface area (Å²) in [4.78, 5) is 13.3. The lowest BCUT2D eigenvalue weighted by atomic mass is 10.2. The summed E-state index contributed by atoms with van der Waals surface area (Å²) < 4.78 is 5.24. The van der Waals surface area contributed by atoms with Crippen molar-refractivity contribution in [1.82, 2.24) is 9.80 Å². The van der Waals surface area contributed by atoms with Gasteiger partial charge in [0.1, 0.15) is 0 Å². The van der Waals surface area contributed by atoms with Crippen LogP contribution in [-0.2, 0) is 9.53 Å². The lowest BCUT2D eigenvalue weighted by molar-refractivity contribution is -0.115. The molecule has 0 N–H and O–H groups in total. The molecule has 0 spiro atoms. The van der Waals surface area contributed by atoms with Crippen molar-refractivity contribution < 1.29 is 9.53 Å². The molecule has 0 aromatic heterocycles. The van der Waals surface area contributed by atoms with Crippen molar-refractivity contribution in [3.05, 3.63) is 0 Å². The first kappa shape index (κ1) is 14.4. The van der Waals surface area contributed by atoms with E-state index in [-0.39, 0.29) is 0 Å². The predicted octanol–water partition coefficient (Wildman–Crippen LogP) is 0.679. The molecule has 1 amide bonds. The zero-order chi connectivity index (χ0) is 11.7. The molecule has 15 heavy (non-hydrogen) atoms. The Labute approximate surface area is 93.2 Å². The van der Waals surface area contributed by atoms with Crippen LogP contribution in [0.1, 0.15) is 13.8 Å². The number of carbonyl (C=O) groups is 1. The van der Waals surface area contributed by atoms with E-state index in [1.54, 1.807) is 14.1 Å². The summed E-state index contributed by atoms with van der Waals surface area (Å²) in [5.74, 6) is 0.790. The molecule has 1 heterocycles. The first-order valence-electron chi connectivity index (χ1n) is 5.48. The van der Waals surface area contributed by atoms with Crippen LogP contribution in [0.25, 0.3) is 0 Å². The summed E-state index contributed by atoms with van der Waals surface area (Å²) in [6.45, 7) is 9.84. The average Bonchev–Trinajstić information content (AvgIpc) is 2.19. The lowest BCUT2D eigenvalue weighted by Gasteiger charge is -2.27. The molecule has 4 heteroatoms. The van der Waals surface area contributed by atoms with Crippen molar-refractivity contribution in [1.29, 1.82) is 0 Å². The van der Waals surface area contributed by atoms with Crippen LogP contribution in [0.15, 0.2) is 0 Å². The molecule has 0 unspecified atom stereocenters. The highest BCUT2D eigenvalue weighted by molar-refractivity contribution is 5.45. The molecule has 4 nitrogen and oxygen atoms in total. The minimum atomic E-state index is 0.750. The van der Waals surface area contributed by atoms with E-state index in [2.05, 4.69) is 18.7 Å². The number of hydrogen-bond donors (Lipinski definition) is 0. The highest BCUT2D eigenvalue weighted by atomic mass is 16.5. The van der Waals surface area contributed by atoms with E-state index >= 15 is 0 Å². The first-order chi connectivity index (χ1) is 7.06. The summed E-state index contributed by atoms with van der Waals surface area (Å²) in [6, 6.07) is 0. The molecular weight excluding hydrogens is 192 g/mol. The van der Waals surface area contributed by atoms with E-state index in [0.29, 0.717) is 0 Å². The van der Waals surface area contributed by atoms with Gasteiger partial charge in [0.15, 0.2) is 0 Å². The van der Waals surface area contributed by atoms with E-state index in [1.807, 2.05) is 0 Å². The zero-order valence-electron chi connectivity index (χ0n) is 10.4. The van der Waals surface area contributed by atoms with Gasteiger partial charge >= 0.3 is 0 Å². The number of rotatable bonds is 3. The van der Waals surface area contributed by atoms with Gasteiger partial charge in [-0.15, -0.1) is 0 Å². The third-order valence-corrected chi connectivity index (χ3v) is 1.94. The molecule has 0 radical (unpaired) electrons. The van der Waals surface area contributed by atoms with Gasteiger partial charge in [0.2, 0.25) is 6.41 Å². The summed E-state index contributed by atoms with van der Waals surface area (Å²) >= 11 is 0. The highest BCUT2D eigenvalue weighted by Crippen LogP contribution is 2.01. The Kier molecular flexibility index (Phi) is 8.33. The Morgan fingerprint density at radius 3 is 2.13 bits per heavy atom. The number of hydrogen-bond acceptors (Lipinski definition) is 3. The molecule has 0 atom stereocenters. The average molecular weight is 216 g/mol. The molecule has 0 aromatic rings. The van der Waals surface area contributed by atoms with Crippen LogP contribution in [0, 0.1) is 5.92 Å². The Morgan fingerprint density at radius 1 is 1.33 bits per heavy atom. The number of nitrogens with zero attached hydrogens (tertiary/aromatic N) is 2. The van der Waals surface area contributed by atoms with Crippen molar-refractivity contribution in [2.24, 2.45) is 5.92 Å². The summed E-state index contributed by atoms with van der Waals surface area (Å²) in [7, 11) is 3.38. The van der Waals surface area contributed by atoms with Crippen molar-refractivity contribution in [3.63, 3.8) is 0 Å². The van der Waals surface area contributed by atoms with Gasteiger partial charge in [-0.25, -0.2) is 0 Å². The van der Waals surface area contributed by atoms with Gasteiger partial charge in [0.25, 0.3) is 0 Å². The SMILES string of the molecule is CC(C)CN1CCOCC1.CN(C)C=O. The smallest absolute Gasteiger partial charge is 0.209 e. The molecule has 1 fully saturated rings. The van der Waals surface area contributed by atoms with E-state index in [4.69, 9.17) is 4.74 Å². The Bertz CT molecular complexity index is 155. The molecule has 90 valence electrons. The maximum Gasteiger partial charge on any atom is 0.209 e. The molecule has 1 rings (SSSR count). The van der Waals surface area contributed by atoms with Gasteiger partial charge in [0, 0.05) is 33.7 Å². The van der Waals surface area contributed by atoms with Gasteiger partial charge in [0.05, 0.1) is 13.2 Å². The molecular formula is C11H24N2O2. The van der Waals surface area contributed by atoms with Gasteiger partial charge in [-0.2, -0.15) is 0 Å². The quantitative estimate of drug-likeness (QED) is 0.650. The largest absolute Gasteiger partial charge is 0.379 e. The molecule has 1 aliphatic rings.